The van der Waals surface area contributed by atoms with E-state index in [1.54, 1.807) is 0 Å². The Morgan fingerprint density at radius 3 is 2.00 bits per heavy atom. The first-order valence-corrected chi connectivity index (χ1v) is 6.41. The topological polar surface area (TPSA) is 0 Å². The zero-order valence-corrected chi connectivity index (χ0v) is 10.9. The first-order chi connectivity index (χ1) is 7.81. The third kappa shape index (κ3) is 2.53. The monoisotopic (exact) mass is 274 g/mol. The molecule has 0 aliphatic rings. The Kier molecular flexibility index (Phi) is 3.79. The fourth-order valence-corrected chi connectivity index (χ4v) is 2.31. The summed E-state index contributed by atoms with van der Waals surface area (Å²) in [5.74, 6) is 0.509. The molecule has 0 heterocycles. The van der Waals surface area contributed by atoms with E-state index in [1.165, 1.54) is 11.1 Å². The van der Waals surface area contributed by atoms with Crippen molar-refractivity contribution >= 4 is 15.9 Å². The van der Waals surface area contributed by atoms with Crippen LogP contribution in [0.1, 0.15) is 30.4 Å². The summed E-state index contributed by atoms with van der Waals surface area (Å²) >= 11 is 3.47. The maximum atomic E-state index is 3.47. The van der Waals surface area contributed by atoms with Gasteiger partial charge in [0.25, 0.3) is 0 Å². The maximum Gasteiger partial charge on any atom is 0.0175 e. The lowest BCUT2D eigenvalue weighted by atomic mass is 9.89. The van der Waals surface area contributed by atoms with Gasteiger partial charge in [-0.05, 0) is 29.7 Å². The third-order valence-corrected chi connectivity index (χ3v) is 3.41. The Balaban J connectivity index is 2.33. The fourth-order valence-electron chi connectivity index (χ4n) is 2.04. The van der Waals surface area contributed by atoms with E-state index < -0.39 is 0 Å². The molecular weight excluding hydrogens is 260 g/mol. The van der Waals surface area contributed by atoms with Crippen molar-refractivity contribution in [2.24, 2.45) is 0 Å². The number of halogens is 1. The van der Waals surface area contributed by atoms with Crippen LogP contribution < -0.4 is 0 Å². The van der Waals surface area contributed by atoms with Gasteiger partial charge in [0.15, 0.2) is 0 Å². The SMILES string of the molecule is CCC(c1ccccc1)c1ccc(Br)cc1. The molecule has 2 aromatic rings. The van der Waals surface area contributed by atoms with Gasteiger partial charge in [0.1, 0.15) is 0 Å². The fraction of sp³-hybridized carbons (Fsp3) is 0.200. The zero-order chi connectivity index (χ0) is 11.4. The summed E-state index contributed by atoms with van der Waals surface area (Å²) in [4.78, 5) is 0. The van der Waals surface area contributed by atoms with Crippen molar-refractivity contribution in [3.63, 3.8) is 0 Å². The van der Waals surface area contributed by atoms with Gasteiger partial charge in [0, 0.05) is 10.4 Å². The molecule has 2 rings (SSSR count). The Labute approximate surface area is 105 Å². The Bertz CT molecular complexity index is 431. The van der Waals surface area contributed by atoms with Crippen LogP contribution in [-0.4, -0.2) is 0 Å². The number of benzene rings is 2. The first-order valence-electron chi connectivity index (χ1n) is 5.61. The molecule has 0 nitrogen and oxygen atoms in total. The van der Waals surface area contributed by atoms with Gasteiger partial charge in [-0.2, -0.15) is 0 Å². The van der Waals surface area contributed by atoms with E-state index in [4.69, 9.17) is 0 Å². The van der Waals surface area contributed by atoms with Gasteiger partial charge < -0.3 is 0 Å². The van der Waals surface area contributed by atoms with Crippen molar-refractivity contribution in [2.45, 2.75) is 19.3 Å². The third-order valence-electron chi connectivity index (χ3n) is 2.88. The average Bonchev–Trinajstić information content (AvgIpc) is 2.34. The number of rotatable bonds is 3. The lowest BCUT2D eigenvalue weighted by Gasteiger charge is -2.15. The van der Waals surface area contributed by atoms with Crippen molar-refractivity contribution in [3.8, 4) is 0 Å². The molecule has 1 unspecified atom stereocenters. The van der Waals surface area contributed by atoms with Crippen LogP contribution in [0.5, 0.6) is 0 Å². The highest BCUT2D eigenvalue weighted by atomic mass is 79.9. The summed E-state index contributed by atoms with van der Waals surface area (Å²) < 4.78 is 1.14. The van der Waals surface area contributed by atoms with E-state index in [0.29, 0.717) is 5.92 Å². The predicted molar refractivity (Wildman–Crippen MR) is 72.7 cm³/mol. The Morgan fingerprint density at radius 1 is 0.875 bits per heavy atom. The zero-order valence-electron chi connectivity index (χ0n) is 9.36. The minimum atomic E-state index is 0.509. The van der Waals surface area contributed by atoms with Gasteiger partial charge in [-0.3, -0.25) is 0 Å². The molecule has 0 bridgehead atoms. The smallest absolute Gasteiger partial charge is 0.0175 e. The molecule has 0 fully saturated rings. The van der Waals surface area contributed by atoms with Crippen molar-refractivity contribution < 1.29 is 0 Å². The molecule has 1 heteroatoms. The normalized spacial score (nSPS) is 12.4. The van der Waals surface area contributed by atoms with E-state index in [9.17, 15) is 0 Å². The average molecular weight is 275 g/mol. The molecule has 0 N–H and O–H groups in total. The maximum absolute atomic E-state index is 3.47. The van der Waals surface area contributed by atoms with Crippen LogP contribution in [0, 0.1) is 0 Å². The largest absolute Gasteiger partial charge is 0.0645 e. The second-order valence-corrected chi connectivity index (χ2v) is 4.84. The molecule has 16 heavy (non-hydrogen) atoms. The lowest BCUT2D eigenvalue weighted by molar-refractivity contribution is 0.777. The minimum absolute atomic E-state index is 0.509. The molecule has 0 aromatic heterocycles. The molecule has 0 amide bonds. The van der Waals surface area contributed by atoms with Crippen LogP contribution in [0.4, 0.5) is 0 Å². The number of hydrogen-bond acceptors (Lipinski definition) is 0. The second kappa shape index (κ2) is 5.31. The summed E-state index contributed by atoms with van der Waals surface area (Å²) in [7, 11) is 0. The van der Waals surface area contributed by atoms with E-state index in [0.717, 1.165) is 10.9 Å². The van der Waals surface area contributed by atoms with E-state index >= 15 is 0 Å². The summed E-state index contributed by atoms with van der Waals surface area (Å²) in [6, 6.07) is 19.3. The lowest BCUT2D eigenvalue weighted by Crippen LogP contribution is -1.98. The van der Waals surface area contributed by atoms with Gasteiger partial charge in [-0.1, -0.05) is 65.3 Å². The predicted octanol–water partition coefficient (Wildman–Crippen LogP) is 4.99. The van der Waals surface area contributed by atoms with E-state index in [2.05, 4.69) is 77.5 Å². The van der Waals surface area contributed by atoms with Crippen molar-refractivity contribution in [2.75, 3.05) is 0 Å². The van der Waals surface area contributed by atoms with Gasteiger partial charge in [0.2, 0.25) is 0 Å². The van der Waals surface area contributed by atoms with Crippen molar-refractivity contribution in [3.05, 3.63) is 70.2 Å². The van der Waals surface area contributed by atoms with Crippen LogP contribution in [0.15, 0.2) is 59.1 Å². The quantitative estimate of drug-likeness (QED) is 0.740. The molecule has 1 atom stereocenters. The van der Waals surface area contributed by atoms with E-state index in [-0.39, 0.29) is 0 Å². The minimum Gasteiger partial charge on any atom is -0.0645 e. The molecule has 2 aromatic carbocycles. The summed E-state index contributed by atoms with van der Waals surface area (Å²) in [6.07, 6.45) is 1.13. The Hall–Kier alpha value is -1.08. The molecular formula is C15H15Br. The molecule has 82 valence electrons. The highest BCUT2D eigenvalue weighted by Crippen LogP contribution is 2.28. The molecule has 0 spiro atoms. The van der Waals surface area contributed by atoms with Crippen LogP contribution in [0.2, 0.25) is 0 Å². The first kappa shape index (κ1) is 11.4. The van der Waals surface area contributed by atoms with Gasteiger partial charge in [-0.15, -0.1) is 0 Å². The van der Waals surface area contributed by atoms with E-state index in [1.807, 2.05) is 0 Å². The molecule has 0 radical (unpaired) electrons. The summed E-state index contributed by atoms with van der Waals surface area (Å²) in [6.45, 7) is 2.24. The van der Waals surface area contributed by atoms with Crippen LogP contribution in [-0.2, 0) is 0 Å². The van der Waals surface area contributed by atoms with Crippen molar-refractivity contribution in [1.29, 1.82) is 0 Å². The second-order valence-electron chi connectivity index (χ2n) is 3.92. The molecule has 0 aliphatic carbocycles. The highest BCUT2D eigenvalue weighted by molar-refractivity contribution is 9.10. The van der Waals surface area contributed by atoms with Crippen molar-refractivity contribution in [1.82, 2.24) is 0 Å². The standard InChI is InChI=1S/C15H15Br/c1-2-15(12-6-4-3-5-7-12)13-8-10-14(16)11-9-13/h3-11,15H,2H2,1H3. The van der Waals surface area contributed by atoms with Crippen LogP contribution >= 0.6 is 15.9 Å². The van der Waals surface area contributed by atoms with Crippen LogP contribution in [0.25, 0.3) is 0 Å². The Morgan fingerprint density at radius 2 is 1.44 bits per heavy atom. The number of hydrogen-bond donors (Lipinski definition) is 0. The summed E-state index contributed by atoms with van der Waals surface area (Å²) in [5.41, 5.74) is 2.78. The van der Waals surface area contributed by atoms with Gasteiger partial charge in [-0.25, -0.2) is 0 Å². The highest BCUT2D eigenvalue weighted by Gasteiger charge is 2.10. The van der Waals surface area contributed by atoms with Crippen LogP contribution in [0.3, 0.4) is 0 Å². The van der Waals surface area contributed by atoms with Gasteiger partial charge >= 0.3 is 0 Å². The molecule has 0 aliphatic heterocycles. The van der Waals surface area contributed by atoms with Gasteiger partial charge in [0.05, 0.1) is 0 Å². The summed E-state index contributed by atoms with van der Waals surface area (Å²) in [5, 5.41) is 0. The molecule has 0 saturated heterocycles. The molecule has 0 saturated carbocycles.